The molecule has 0 amide bonds. The van der Waals surface area contributed by atoms with Gasteiger partial charge in [-0.05, 0) is 73.1 Å². The van der Waals surface area contributed by atoms with E-state index >= 15 is 0 Å². The van der Waals surface area contributed by atoms with Gasteiger partial charge in [0.1, 0.15) is 17.5 Å². The quantitative estimate of drug-likeness (QED) is 0.711. The van der Waals surface area contributed by atoms with E-state index in [1.807, 2.05) is 24.3 Å². The summed E-state index contributed by atoms with van der Waals surface area (Å²) >= 11 is 0. The van der Waals surface area contributed by atoms with Crippen molar-refractivity contribution in [3.05, 3.63) is 72.0 Å². The molecule has 1 saturated carbocycles. The van der Waals surface area contributed by atoms with Crippen LogP contribution in [0.1, 0.15) is 31.0 Å². The van der Waals surface area contributed by atoms with E-state index in [0.717, 1.165) is 43.9 Å². The Morgan fingerprint density at radius 3 is 2.41 bits per heavy atom. The molecule has 2 heterocycles. The average molecular weight is 396 g/mol. The van der Waals surface area contributed by atoms with Crippen LogP contribution in [-0.4, -0.2) is 34.2 Å². The van der Waals surface area contributed by atoms with Gasteiger partial charge in [-0.2, -0.15) is 0 Å². The van der Waals surface area contributed by atoms with E-state index in [2.05, 4.69) is 27.0 Å². The summed E-state index contributed by atoms with van der Waals surface area (Å²) in [5.41, 5.74) is 2.51. The van der Waals surface area contributed by atoms with E-state index in [-0.39, 0.29) is 5.82 Å². The molecule has 2 aliphatic rings. The monoisotopic (exact) mass is 396 g/mol. The van der Waals surface area contributed by atoms with Gasteiger partial charge in [0, 0.05) is 25.7 Å². The Morgan fingerprint density at radius 1 is 1.14 bits per heavy atom. The predicted molar refractivity (Wildman–Crippen MR) is 111 cm³/mol. The van der Waals surface area contributed by atoms with Crippen molar-refractivity contribution < 1.29 is 8.78 Å². The van der Waals surface area contributed by atoms with Crippen LogP contribution in [0.2, 0.25) is 0 Å². The van der Waals surface area contributed by atoms with E-state index in [1.165, 1.54) is 18.2 Å². The second-order valence-corrected chi connectivity index (χ2v) is 8.23. The van der Waals surface area contributed by atoms with Gasteiger partial charge < -0.3 is 5.32 Å². The number of allylic oxidation sites excluding steroid dienone is 3. The highest BCUT2D eigenvalue weighted by Crippen LogP contribution is 2.39. The number of nitrogens with one attached hydrogen (secondary N) is 1. The highest BCUT2D eigenvalue weighted by atomic mass is 19.1. The highest BCUT2D eigenvalue weighted by molar-refractivity contribution is 5.63. The maximum Gasteiger partial charge on any atom is 0.148 e. The first-order chi connectivity index (χ1) is 14.0. The normalized spacial score (nSPS) is 24.5. The van der Waals surface area contributed by atoms with Gasteiger partial charge in [0.2, 0.25) is 0 Å². The van der Waals surface area contributed by atoms with E-state index in [1.54, 1.807) is 6.92 Å². The molecule has 1 saturated heterocycles. The lowest BCUT2D eigenvalue weighted by Crippen LogP contribution is -2.25. The van der Waals surface area contributed by atoms with Gasteiger partial charge in [0.25, 0.3) is 0 Å². The zero-order valence-corrected chi connectivity index (χ0v) is 16.6. The van der Waals surface area contributed by atoms with Crippen LogP contribution in [-0.2, 0) is 6.54 Å². The lowest BCUT2D eigenvalue weighted by molar-refractivity contribution is 0.301. The fourth-order valence-electron chi connectivity index (χ4n) is 4.63. The van der Waals surface area contributed by atoms with E-state index < -0.39 is 5.83 Å². The third-order valence-corrected chi connectivity index (χ3v) is 5.94. The van der Waals surface area contributed by atoms with Crippen molar-refractivity contribution in [3.63, 3.8) is 0 Å². The number of rotatable bonds is 6. The molecule has 0 bridgehead atoms. The molecule has 6 heteroatoms. The fraction of sp³-hybridized carbons (Fsp3) is 0.391. The molecule has 3 atom stereocenters. The average Bonchev–Trinajstić information content (AvgIpc) is 3.21. The molecule has 0 radical (unpaired) electrons. The number of nitrogens with zero attached hydrogens (tertiary/aromatic N) is 3. The number of anilines is 1. The second-order valence-electron chi connectivity index (χ2n) is 8.23. The van der Waals surface area contributed by atoms with Crippen molar-refractivity contribution >= 4 is 11.4 Å². The van der Waals surface area contributed by atoms with Crippen LogP contribution in [0.25, 0.3) is 5.57 Å². The number of aromatic nitrogens is 2. The van der Waals surface area contributed by atoms with Crippen molar-refractivity contribution in [2.75, 3.05) is 18.4 Å². The molecule has 2 fully saturated rings. The van der Waals surface area contributed by atoms with E-state index in [9.17, 15) is 8.78 Å². The first kappa shape index (κ1) is 19.7. The molecule has 1 aromatic carbocycles. The topological polar surface area (TPSA) is 41.0 Å². The molecular weight excluding hydrogens is 370 g/mol. The minimum Gasteiger partial charge on any atom is -0.366 e. The van der Waals surface area contributed by atoms with E-state index in [0.29, 0.717) is 29.1 Å². The minimum atomic E-state index is -0.488. The molecule has 1 aliphatic carbocycles. The van der Waals surface area contributed by atoms with Crippen LogP contribution in [0.3, 0.4) is 0 Å². The van der Waals surface area contributed by atoms with Crippen molar-refractivity contribution in [2.24, 2.45) is 11.8 Å². The maximum atomic E-state index is 13.1. The smallest absolute Gasteiger partial charge is 0.148 e. The van der Waals surface area contributed by atoms with Crippen LogP contribution in [0, 0.1) is 17.7 Å². The Balaban J connectivity index is 1.28. The maximum absolute atomic E-state index is 13.1. The molecule has 0 spiro atoms. The molecule has 152 valence electrons. The van der Waals surface area contributed by atoms with Crippen LogP contribution in [0.4, 0.5) is 14.6 Å². The fourth-order valence-corrected chi connectivity index (χ4v) is 4.63. The summed E-state index contributed by atoms with van der Waals surface area (Å²) in [6.07, 6.45) is 3.59. The minimum absolute atomic E-state index is 0.184. The summed E-state index contributed by atoms with van der Waals surface area (Å²) in [6, 6.07) is 11.0. The number of likely N-dealkylation sites (tertiary alicyclic amines) is 1. The van der Waals surface area contributed by atoms with Gasteiger partial charge in [0.05, 0.1) is 5.69 Å². The lowest BCUT2D eigenvalue weighted by Gasteiger charge is -2.20. The number of benzene rings is 1. The highest BCUT2D eigenvalue weighted by Gasteiger charge is 2.40. The number of hydrogen-bond acceptors (Lipinski definition) is 4. The molecule has 2 aromatic rings. The number of halogens is 2. The molecule has 1 aromatic heterocycles. The Kier molecular flexibility index (Phi) is 5.72. The number of hydrogen-bond donors (Lipinski definition) is 1. The van der Waals surface area contributed by atoms with Crippen molar-refractivity contribution in [1.29, 1.82) is 0 Å². The molecule has 1 aliphatic heterocycles. The van der Waals surface area contributed by atoms with Gasteiger partial charge in [0.15, 0.2) is 0 Å². The van der Waals surface area contributed by atoms with Crippen molar-refractivity contribution in [3.8, 4) is 0 Å². The van der Waals surface area contributed by atoms with Gasteiger partial charge in [-0.3, -0.25) is 4.90 Å². The van der Waals surface area contributed by atoms with Crippen LogP contribution in [0.15, 0.2) is 54.9 Å². The third kappa shape index (κ3) is 4.88. The molecule has 4 rings (SSSR count). The summed E-state index contributed by atoms with van der Waals surface area (Å²) in [5.74, 6) is 1.45. The standard InChI is InChI=1S/C23H26F2N4/c1-15(9-16(2)24)22-7-8-23(28-27-22)26-21-10-18-13-29(14-19(18)11-21)12-17-3-5-20(25)6-4-17/h3-9,18-19,21H,2,10-14H2,1H3,(H,26,28)/b15-9+/t18-,19?,21?/m1/s1. The second kappa shape index (κ2) is 8.41. The first-order valence-corrected chi connectivity index (χ1v) is 10.1. The van der Waals surface area contributed by atoms with Crippen molar-refractivity contribution in [2.45, 2.75) is 32.4 Å². The Labute approximate surface area is 170 Å². The molecule has 4 nitrogen and oxygen atoms in total. The molecule has 2 unspecified atom stereocenters. The Hall–Kier alpha value is -2.60. The van der Waals surface area contributed by atoms with Gasteiger partial charge >= 0.3 is 0 Å². The zero-order valence-electron chi connectivity index (χ0n) is 16.6. The summed E-state index contributed by atoms with van der Waals surface area (Å²) < 4.78 is 26.0. The lowest BCUT2D eigenvalue weighted by atomic mass is 10.0. The predicted octanol–water partition coefficient (Wildman–Crippen LogP) is 4.82. The zero-order chi connectivity index (χ0) is 20.4. The molecule has 1 N–H and O–H groups in total. The molecule has 29 heavy (non-hydrogen) atoms. The van der Waals surface area contributed by atoms with Crippen LogP contribution < -0.4 is 5.32 Å². The summed E-state index contributed by atoms with van der Waals surface area (Å²) in [7, 11) is 0. The Morgan fingerprint density at radius 2 is 1.83 bits per heavy atom. The summed E-state index contributed by atoms with van der Waals surface area (Å²) in [5, 5.41) is 11.9. The van der Waals surface area contributed by atoms with Crippen LogP contribution >= 0.6 is 0 Å². The van der Waals surface area contributed by atoms with Crippen LogP contribution in [0.5, 0.6) is 0 Å². The third-order valence-electron chi connectivity index (χ3n) is 5.94. The first-order valence-electron chi connectivity index (χ1n) is 10.1. The Bertz CT molecular complexity index is 878. The summed E-state index contributed by atoms with van der Waals surface area (Å²) in [6.45, 7) is 8.09. The van der Waals surface area contributed by atoms with E-state index in [4.69, 9.17) is 0 Å². The number of fused-ring (bicyclic) bond motifs is 1. The van der Waals surface area contributed by atoms with Gasteiger partial charge in [-0.1, -0.05) is 18.7 Å². The largest absolute Gasteiger partial charge is 0.366 e. The molecular formula is C23H26F2N4. The summed E-state index contributed by atoms with van der Waals surface area (Å²) in [4.78, 5) is 2.47. The SMILES string of the molecule is C=C(F)/C=C(\C)c1ccc(NC2CC3CN(Cc4ccc(F)cc4)C[C@H]3C2)nn1. The van der Waals surface area contributed by atoms with Gasteiger partial charge in [-0.15, -0.1) is 10.2 Å². The van der Waals surface area contributed by atoms with Gasteiger partial charge in [-0.25, -0.2) is 8.78 Å². The van der Waals surface area contributed by atoms with Crippen molar-refractivity contribution in [1.82, 2.24) is 15.1 Å².